The number of phenols is 1. The van der Waals surface area contributed by atoms with E-state index in [-0.39, 0.29) is 59.5 Å². The molecule has 0 aromatic heterocycles. The van der Waals surface area contributed by atoms with E-state index in [0.717, 1.165) is 11.1 Å². The topological polar surface area (TPSA) is 99.2 Å². The second kappa shape index (κ2) is 9.48. The number of likely N-dealkylation sites (N-methyl/N-ethyl adjacent to an activating group) is 1. The molecule has 2 aromatic rings. The van der Waals surface area contributed by atoms with E-state index in [4.69, 9.17) is 4.74 Å². The SMILES string of the molecule is CNS(=O)(=O)c1ccc(C2=CCN3C(=O)c4cc(OC)c(O)cc4N(C)[CH-][C@@H]3C2)cc1.[U]. The van der Waals surface area contributed by atoms with Crippen LogP contribution in [0.1, 0.15) is 22.3 Å². The van der Waals surface area contributed by atoms with Gasteiger partial charge in [0.05, 0.1) is 17.6 Å². The predicted octanol–water partition coefficient (Wildman–Crippen LogP) is 2.22. The zero-order valence-electron chi connectivity index (χ0n) is 18.0. The standard InChI is InChI=1S/C22H24N3O5S.U/c1-23-31(28,29)17-6-4-14(5-7-17)15-8-9-25-16(10-15)13-24(2)19-12-20(26)21(30-3)11-18(19)22(25)27;/h4-8,11-13,16,23,26H,9-10H2,1-3H3;/q-1;/t16-;/m0./s1. The molecule has 1 atom stereocenters. The average Bonchev–Trinajstić information content (AvgIpc) is 2.87. The van der Waals surface area contributed by atoms with Crippen molar-refractivity contribution in [3.8, 4) is 11.5 Å². The van der Waals surface area contributed by atoms with E-state index in [2.05, 4.69) is 4.72 Å². The number of nitrogens with one attached hydrogen (secondary N) is 1. The Kier molecular flexibility index (Phi) is 7.30. The Balaban J connectivity index is 0.00000289. The Morgan fingerprint density at radius 3 is 2.53 bits per heavy atom. The maximum atomic E-state index is 13.3. The first kappa shape index (κ1) is 24.7. The van der Waals surface area contributed by atoms with Crippen LogP contribution in [0.15, 0.2) is 47.4 Å². The van der Waals surface area contributed by atoms with Gasteiger partial charge in [0.15, 0.2) is 11.5 Å². The van der Waals surface area contributed by atoms with Crippen LogP contribution in [0.2, 0.25) is 0 Å². The first-order valence-electron chi connectivity index (χ1n) is 9.78. The van der Waals surface area contributed by atoms with E-state index in [0.29, 0.717) is 24.2 Å². The molecular formula is C22H24N3O5SU-. The van der Waals surface area contributed by atoms with Gasteiger partial charge in [-0.05, 0) is 49.9 Å². The number of fused-ring (bicyclic) bond motifs is 2. The fraction of sp³-hybridized carbons (Fsp3) is 0.273. The van der Waals surface area contributed by atoms with E-state index in [1.54, 1.807) is 35.2 Å². The van der Waals surface area contributed by atoms with Crippen molar-refractivity contribution in [2.45, 2.75) is 17.4 Å². The molecule has 8 nitrogen and oxygen atoms in total. The van der Waals surface area contributed by atoms with Gasteiger partial charge in [0.25, 0.3) is 5.91 Å². The smallest absolute Gasteiger partial charge is 0.254 e. The van der Waals surface area contributed by atoms with Gasteiger partial charge < -0.3 is 19.6 Å². The Labute approximate surface area is 211 Å². The van der Waals surface area contributed by atoms with Crippen molar-refractivity contribution < 1.29 is 54.2 Å². The second-order valence-electron chi connectivity index (χ2n) is 7.49. The summed E-state index contributed by atoms with van der Waals surface area (Å²) < 4.78 is 31.4. The van der Waals surface area contributed by atoms with Crippen LogP contribution in [0.3, 0.4) is 0 Å². The predicted molar refractivity (Wildman–Crippen MR) is 117 cm³/mol. The molecule has 0 unspecified atom stereocenters. The van der Waals surface area contributed by atoms with Gasteiger partial charge in [-0.25, -0.2) is 19.7 Å². The van der Waals surface area contributed by atoms with Crippen LogP contribution < -0.4 is 14.4 Å². The van der Waals surface area contributed by atoms with Crippen LogP contribution in [0, 0.1) is 37.7 Å². The van der Waals surface area contributed by atoms with Crippen molar-refractivity contribution in [2.75, 3.05) is 32.6 Å². The van der Waals surface area contributed by atoms with E-state index in [1.807, 2.05) is 24.6 Å². The summed E-state index contributed by atoms with van der Waals surface area (Å²) in [6.45, 7) is 2.38. The van der Waals surface area contributed by atoms with Crippen molar-refractivity contribution in [1.29, 1.82) is 0 Å². The molecule has 2 aromatic carbocycles. The molecule has 4 rings (SSSR count). The molecule has 1 amide bonds. The first-order valence-corrected chi connectivity index (χ1v) is 11.3. The number of methoxy groups -OCH3 is 1. The van der Waals surface area contributed by atoms with Gasteiger partial charge in [-0.2, -0.15) is 0 Å². The molecule has 0 saturated heterocycles. The van der Waals surface area contributed by atoms with Gasteiger partial charge in [0, 0.05) is 49.4 Å². The number of aromatic hydroxyl groups is 1. The average molecular weight is 681 g/mol. The molecule has 2 aliphatic heterocycles. The van der Waals surface area contributed by atoms with Gasteiger partial charge in [-0.3, -0.25) is 4.79 Å². The molecule has 0 fully saturated rings. The molecule has 2 heterocycles. The summed E-state index contributed by atoms with van der Waals surface area (Å²) in [6.07, 6.45) is 2.58. The summed E-state index contributed by atoms with van der Waals surface area (Å²) in [5, 5.41) is 10.2. The van der Waals surface area contributed by atoms with Gasteiger partial charge in [-0.15, -0.1) is 0 Å². The third kappa shape index (κ3) is 4.42. The van der Waals surface area contributed by atoms with Crippen molar-refractivity contribution in [3.63, 3.8) is 0 Å². The molecule has 0 saturated carbocycles. The zero-order chi connectivity index (χ0) is 22.3. The molecule has 0 aliphatic carbocycles. The number of benzene rings is 2. The van der Waals surface area contributed by atoms with Crippen LogP contribution in [-0.2, 0) is 10.0 Å². The molecule has 2 N–H and O–H groups in total. The number of phenolic OH excluding ortho intramolecular Hbond substituents is 1. The minimum Gasteiger partial charge on any atom is -0.522 e. The number of sulfonamides is 1. The summed E-state index contributed by atoms with van der Waals surface area (Å²) in [7, 11) is 1.18. The van der Waals surface area contributed by atoms with Gasteiger partial charge in [-0.1, -0.05) is 24.3 Å². The fourth-order valence-electron chi connectivity index (χ4n) is 4.01. The van der Waals surface area contributed by atoms with Gasteiger partial charge in [0.1, 0.15) is 0 Å². The number of hydrogen-bond acceptors (Lipinski definition) is 6. The number of hydrogen-bond donors (Lipinski definition) is 2. The van der Waals surface area contributed by atoms with E-state index < -0.39 is 10.0 Å². The summed E-state index contributed by atoms with van der Waals surface area (Å²) >= 11 is 0. The maximum absolute atomic E-state index is 13.3. The Hall–Kier alpha value is -1.99. The Morgan fingerprint density at radius 2 is 1.91 bits per heavy atom. The Morgan fingerprint density at radius 1 is 1.22 bits per heavy atom. The van der Waals surface area contributed by atoms with E-state index >= 15 is 0 Å². The summed E-state index contributed by atoms with van der Waals surface area (Å²) in [5.74, 6) is 0.0954. The van der Waals surface area contributed by atoms with Crippen LogP contribution >= 0.6 is 0 Å². The summed E-state index contributed by atoms with van der Waals surface area (Å²) in [6, 6.07) is 9.65. The molecule has 0 bridgehead atoms. The number of rotatable bonds is 4. The number of amides is 1. The number of ether oxygens (including phenoxy) is 1. The molecule has 0 spiro atoms. The van der Waals surface area contributed by atoms with Crippen molar-refractivity contribution in [1.82, 2.24) is 9.62 Å². The second-order valence-corrected chi connectivity index (χ2v) is 9.38. The molecule has 2 aliphatic rings. The fourth-order valence-corrected chi connectivity index (χ4v) is 4.74. The zero-order valence-corrected chi connectivity index (χ0v) is 23.0. The number of carbonyl (C=O) groups excluding carboxylic acids is 1. The van der Waals surface area contributed by atoms with E-state index in [9.17, 15) is 18.3 Å². The molecule has 168 valence electrons. The van der Waals surface area contributed by atoms with Crippen LogP contribution in [0.25, 0.3) is 5.57 Å². The normalized spacial score (nSPS) is 18.2. The first-order chi connectivity index (χ1) is 14.7. The Bertz CT molecular complexity index is 1160. The molecular weight excluding hydrogens is 656 g/mol. The maximum Gasteiger partial charge on any atom is 0.254 e. The minimum absolute atomic E-state index is 0. The van der Waals surface area contributed by atoms with Gasteiger partial charge in [0.2, 0.25) is 10.0 Å². The van der Waals surface area contributed by atoms with Crippen LogP contribution in [0.5, 0.6) is 11.5 Å². The van der Waals surface area contributed by atoms with Crippen LogP contribution in [-0.4, -0.2) is 58.1 Å². The summed E-state index contributed by atoms with van der Waals surface area (Å²) in [4.78, 5) is 17.1. The monoisotopic (exact) mass is 680 g/mol. The molecule has 32 heavy (non-hydrogen) atoms. The van der Waals surface area contributed by atoms with Crippen LogP contribution in [0.4, 0.5) is 5.69 Å². The minimum atomic E-state index is -3.49. The third-order valence-electron chi connectivity index (χ3n) is 5.73. The molecule has 0 radical (unpaired) electrons. The molecule has 10 heteroatoms. The quantitative estimate of drug-likeness (QED) is 0.481. The number of carbonyl (C=O) groups is 1. The van der Waals surface area contributed by atoms with E-state index in [1.165, 1.54) is 20.2 Å². The van der Waals surface area contributed by atoms with Crippen molar-refractivity contribution in [3.05, 3.63) is 60.1 Å². The van der Waals surface area contributed by atoms with Gasteiger partial charge >= 0.3 is 0 Å². The largest absolute Gasteiger partial charge is 0.522 e. The van der Waals surface area contributed by atoms with Crippen molar-refractivity contribution >= 4 is 27.2 Å². The number of nitrogens with zero attached hydrogens (tertiary/aromatic N) is 2. The summed E-state index contributed by atoms with van der Waals surface area (Å²) in [5.41, 5.74) is 3.04. The number of anilines is 1. The third-order valence-corrected chi connectivity index (χ3v) is 7.16. The van der Waals surface area contributed by atoms with Crippen molar-refractivity contribution in [2.24, 2.45) is 0 Å².